The van der Waals surface area contributed by atoms with Crippen molar-refractivity contribution in [1.82, 2.24) is 15.5 Å². The molecule has 1 aromatic rings. The van der Waals surface area contributed by atoms with Crippen LogP contribution < -0.4 is 16.0 Å². The molecular weight excluding hydrogens is 340 g/mol. The Morgan fingerprint density at radius 2 is 1.63 bits per heavy atom. The monoisotopic (exact) mass is 374 g/mol. The summed E-state index contributed by atoms with van der Waals surface area (Å²) in [4.78, 5) is 26.4. The molecule has 0 bridgehead atoms. The summed E-state index contributed by atoms with van der Waals surface area (Å²) in [6, 6.07) is 5.74. The van der Waals surface area contributed by atoms with Crippen molar-refractivity contribution in [2.24, 2.45) is 0 Å². The first kappa shape index (κ1) is 21.2. The minimum atomic E-state index is -0.217. The van der Waals surface area contributed by atoms with Crippen LogP contribution in [-0.4, -0.2) is 47.6 Å². The van der Waals surface area contributed by atoms with Gasteiger partial charge in [0.05, 0.1) is 0 Å². The van der Waals surface area contributed by atoms with E-state index in [2.05, 4.69) is 43.6 Å². The molecule has 0 spiro atoms. The molecule has 1 saturated heterocycles. The van der Waals surface area contributed by atoms with Crippen molar-refractivity contribution in [2.45, 2.75) is 71.5 Å². The van der Waals surface area contributed by atoms with E-state index in [4.69, 9.17) is 0 Å². The number of amides is 3. The number of para-hydroxylation sites is 1. The second-order valence-electron chi connectivity index (χ2n) is 9.12. The molecule has 6 nitrogen and oxygen atoms in total. The average Bonchev–Trinajstić information content (AvgIpc) is 2.47. The summed E-state index contributed by atoms with van der Waals surface area (Å²) in [5, 5.41) is 9.62. The molecule has 2 rings (SSSR count). The largest absolute Gasteiger partial charge is 0.335 e. The van der Waals surface area contributed by atoms with Crippen LogP contribution in [0.15, 0.2) is 18.2 Å². The third-order valence-corrected chi connectivity index (χ3v) is 4.99. The second kappa shape index (κ2) is 7.89. The average molecular weight is 375 g/mol. The molecule has 1 aliphatic heterocycles. The van der Waals surface area contributed by atoms with Gasteiger partial charge >= 0.3 is 6.03 Å². The Bertz CT molecular complexity index is 676. The predicted molar refractivity (Wildman–Crippen MR) is 110 cm³/mol. The van der Waals surface area contributed by atoms with Gasteiger partial charge in [-0.1, -0.05) is 18.2 Å². The van der Waals surface area contributed by atoms with E-state index in [1.165, 1.54) is 4.90 Å². The maximum atomic E-state index is 12.6. The van der Waals surface area contributed by atoms with Crippen molar-refractivity contribution >= 4 is 17.6 Å². The molecule has 27 heavy (non-hydrogen) atoms. The zero-order valence-corrected chi connectivity index (χ0v) is 17.7. The minimum absolute atomic E-state index is 0.0113. The number of carbonyl (C=O) groups excluding carboxylic acids is 2. The fourth-order valence-electron chi connectivity index (χ4n) is 4.19. The summed E-state index contributed by atoms with van der Waals surface area (Å²) in [6.45, 7) is 12.5. The lowest BCUT2D eigenvalue weighted by Crippen LogP contribution is -2.63. The molecule has 1 heterocycles. The van der Waals surface area contributed by atoms with Gasteiger partial charge < -0.3 is 20.9 Å². The summed E-state index contributed by atoms with van der Waals surface area (Å²) in [5.74, 6) is -0.198. The molecule has 1 aromatic carbocycles. The quantitative estimate of drug-likeness (QED) is 0.758. The third kappa shape index (κ3) is 5.96. The fourth-order valence-corrected chi connectivity index (χ4v) is 4.19. The Morgan fingerprint density at radius 1 is 1.11 bits per heavy atom. The molecule has 0 radical (unpaired) electrons. The summed E-state index contributed by atoms with van der Waals surface area (Å²) >= 11 is 0. The Balaban J connectivity index is 1.92. The van der Waals surface area contributed by atoms with Crippen LogP contribution in [0, 0.1) is 13.8 Å². The molecule has 0 aromatic heterocycles. The number of hydrogen-bond acceptors (Lipinski definition) is 3. The third-order valence-electron chi connectivity index (χ3n) is 4.99. The van der Waals surface area contributed by atoms with E-state index in [-0.39, 0.29) is 35.6 Å². The van der Waals surface area contributed by atoms with Crippen molar-refractivity contribution in [3.63, 3.8) is 0 Å². The topological polar surface area (TPSA) is 73.5 Å². The highest BCUT2D eigenvalue weighted by Gasteiger charge is 2.38. The van der Waals surface area contributed by atoms with Crippen molar-refractivity contribution in [3.8, 4) is 0 Å². The molecule has 150 valence electrons. The van der Waals surface area contributed by atoms with Gasteiger partial charge in [-0.2, -0.15) is 0 Å². The number of benzene rings is 1. The molecule has 6 heteroatoms. The lowest BCUT2D eigenvalue weighted by atomic mass is 9.80. The first-order valence-electron chi connectivity index (χ1n) is 9.56. The van der Waals surface area contributed by atoms with E-state index >= 15 is 0 Å². The molecule has 0 unspecified atom stereocenters. The molecular formula is C21H34N4O2. The van der Waals surface area contributed by atoms with Gasteiger partial charge in [0.25, 0.3) is 0 Å². The van der Waals surface area contributed by atoms with Crippen LogP contribution in [0.3, 0.4) is 0 Å². The van der Waals surface area contributed by atoms with Crippen molar-refractivity contribution in [1.29, 1.82) is 0 Å². The highest BCUT2D eigenvalue weighted by atomic mass is 16.2. The number of nitrogens with one attached hydrogen (secondary N) is 3. The van der Waals surface area contributed by atoms with E-state index in [1.54, 1.807) is 7.05 Å². The van der Waals surface area contributed by atoms with Gasteiger partial charge in [-0.15, -0.1) is 0 Å². The SMILES string of the molecule is Cc1cccc(C)c1NC(=O)CN(C)C(=O)NC1CC(C)(C)NC(C)(C)C1. The highest BCUT2D eigenvalue weighted by Crippen LogP contribution is 2.28. The van der Waals surface area contributed by atoms with Crippen LogP contribution in [0.2, 0.25) is 0 Å². The molecule has 0 atom stereocenters. The van der Waals surface area contributed by atoms with Crippen LogP contribution in [0.1, 0.15) is 51.7 Å². The van der Waals surface area contributed by atoms with Gasteiger partial charge in [0.1, 0.15) is 6.54 Å². The Kier molecular flexibility index (Phi) is 6.20. The molecule has 0 aliphatic carbocycles. The van der Waals surface area contributed by atoms with Crippen LogP contribution in [0.25, 0.3) is 0 Å². The lowest BCUT2D eigenvalue weighted by Gasteiger charge is -2.46. The number of likely N-dealkylation sites (N-methyl/N-ethyl adjacent to an activating group) is 1. The number of urea groups is 1. The normalized spacial score (nSPS) is 18.6. The molecule has 1 fully saturated rings. The van der Waals surface area contributed by atoms with Crippen LogP contribution in [-0.2, 0) is 4.79 Å². The van der Waals surface area contributed by atoms with E-state index in [0.717, 1.165) is 29.7 Å². The molecule has 3 N–H and O–H groups in total. The minimum Gasteiger partial charge on any atom is -0.335 e. The number of rotatable bonds is 4. The Hall–Kier alpha value is -2.08. The maximum Gasteiger partial charge on any atom is 0.317 e. The van der Waals surface area contributed by atoms with Gasteiger partial charge in [-0.05, 0) is 65.5 Å². The Morgan fingerprint density at radius 3 is 2.15 bits per heavy atom. The zero-order chi connectivity index (χ0) is 20.4. The van der Waals surface area contributed by atoms with Crippen LogP contribution in [0.4, 0.5) is 10.5 Å². The van der Waals surface area contributed by atoms with E-state index in [1.807, 2.05) is 32.0 Å². The van der Waals surface area contributed by atoms with Gasteiger partial charge in [0.2, 0.25) is 5.91 Å². The van der Waals surface area contributed by atoms with Crippen LogP contribution in [0.5, 0.6) is 0 Å². The lowest BCUT2D eigenvalue weighted by molar-refractivity contribution is -0.116. The fraction of sp³-hybridized carbons (Fsp3) is 0.619. The summed E-state index contributed by atoms with van der Waals surface area (Å²) < 4.78 is 0. The van der Waals surface area contributed by atoms with Gasteiger partial charge in [0.15, 0.2) is 0 Å². The summed E-state index contributed by atoms with van der Waals surface area (Å²) in [7, 11) is 1.65. The summed E-state index contributed by atoms with van der Waals surface area (Å²) in [5.41, 5.74) is 2.75. The first-order chi connectivity index (χ1) is 12.4. The predicted octanol–water partition coefficient (Wildman–Crippen LogP) is 3.19. The van der Waals surface area contributed by atoms with Gasteiger partial charge in [-0.25, -0.2) is 4.79 Å². The smallest absolute Gasteiger partial charge is 0.317 e. The Labute approximate surface area is 163 Å². The number of nitrogens with zero attached hydrogens (tertiary/aromatic N) is 1. The van der Waals surface area contributed by atoms with E-state index < -0.39 is 0 Å². The van der Waals surface area contributed by atoms with E-state index in [9.17, 15) is 9.59 Å². The molecule has 3 amide bonds. The molecule has 0 saturated carbocycles. The first-order valence-corrected chi connectivity index (χ1v) is 9.56. The maximum absolute atomic E-state index is 12.6. The summed E-state index contributed by atoms with van der Waals surface area (Å²) in [6.07, 6.45) is 1.70. The van der Waals surface area contributed by atoms with Crippen molar-refractivity contribution < 1.29 is 9.59 Å². The second-order valence-corrected chi connectivity index (χ2v) is 9.12. The highest BCUT2D eigenvalue weighted by molar-refractivity contribution is 5.95. The van der Waals surface area contributed by atoms with Crippen molar-refractivity contribution in [3.05, 3.63) is 29.3 Å². The van der Waals surface area contributed by atoms with E-state index in [0.29, 0.717) is 0 Å². The number of carbonyl (C=O) groups is 2. The zero-order valence-electron chi connectivity index (χ0n) is 17.7. The van der Waals surface area contributed by atoms with Gasteiger partial charge in [0, 0.05) is 29.9 Å². The molecule has 1 aliphatic rings. The number of hydrogen-bond donors (Lipinski definition) is 3. The number of anilines is 1. The van der Waals surface area contributed by atoms with Gasteiger partial charge in [-0.3, -0.25) is 4.79 Å². The standard InChI is InChI=1S/C21H34N4O2/c1-14-9-8-10-15(2)18(14)23-17(26)13-25(7)19(27)22-16-11-20(3,4)24-21(5,6)12-16/h8-10,16,24H,11-13H2,1-7H3,(H,22,27)(H,23,26). The number of piperidine rings is 1. The number of aryl methyl sites for hydroxylation is 2. The van der Waals surface area contributed by atoms with Crippen molar-refractivity contribution in [2.75, 3.05) is 18.9 Å². The van der Waals surface area contributed by atoms with Crippen LogP contribution >= 0.6 is 0 Å².